The van der Waals surface area contributed by atoms with Crippen LogP contribution in [0.25, 0.3) is 11.1 Å². The van der Waals surface area contributed by atoms with E-state index >= 15 is 0 Å². The van der Waals surface area contributed by atoms with Crippen molar-refractivity contribution in [3.63, 3.8) is 0 Å². The molecule has 3 aromatic rings. The molecule has 0 bridgehead atoms. The molecule has 0 saturated carbocycles. The van der Waals surface area contributed by atoms with Gasteiger partial charge in [0.25, 0.3) is 0 Å². The van der Waals surface area contributed by atoms with E-state index in [4.69, 9.17) is 15.0 Å². The van der Waals surface area contributed by atoms with E-state index in [1.165, 1.54) is 6.07 Å². The number of nitrogens with two attached hydrogens (primary N) is 1. The first kappa shape index (κ1) is 24.7. The highest BCUT2D eigenvalue weighted by Gasteiger charge is 2.26. The highest BCUT2D eigenvalue weighted by Crippen LogP contribution is 2.29. The highest BCUT2D eigenvalue weighted by molar-refractivity contribution is 7.89. The molecule has 1 aromatic heterocycles. The summed E-state index contributed by atoms with van der Waals surface area (Å²) in [6.45, 7) is 8.90. The summed E-state index contributed by atoms with van der Waals surface area (Å²) >= 11 is 0. The van der Waals surface area contributed by atoms with Crippen LogP contribution in [0, 0.1) is 0 Å². The average Bonchev–Trinajstić information content (AvgIpc) is 3.12. The van der Waals surface area contributed by atoms with Crippen LogP contribution in [0.15, 0.2) is 53.4 Å². The maximum Gasteiger partial charge on any atom is 0.341 e. The van der Waals surface area contributed by atoms with Crippen LogP contribution in [-0.2, 0) is 27.7 Å². The number of rotatable bonds is 9. The molecule has 0 unspecified atom stereocenters. The zero-order valence-corrected chi connectivity index (χ0v) is 20.4. The van der Waals surface area contributed by atoms with Gasteiger partial charge in [-0.1, -0.05) is 63.2 Å². The second kappa shape index (κ2) is 10.3. The number of aromatic nitrogens is 2. The second-order valence-electron chi connectivity index (χ2n) is 8.22. The van der Waals surface area contributed by atoms with Crippen LogP contribution in [0.2, 0.25) is 0 Å². The van der Waals surface area contributed by atoms with E-state index in [0.717, 1.165) is 28.9 Å². The fraction of sp³-hybridized carbons (Fsp3) is 0.360. The van der Waals surface area contributed by atoms with Crippen molar-refractivity contribution in [2.24, 2.45) is 5.14 Å². The Morgan fingerprint density at radius 3 is 2.33 bits per heavy atom. The van der Waals surface area contributed by atoms with Crippen LogP contribution in [0.5, 0.6) is 0 Å². The predicted octanol–water partition coefficient (Wildman–Crippen LogP) is 4.50. The first-order valence-electron chi connectivity index (χ1n) is 11.1. The Hall–Kier alpha value is -2.97. The van der Waals surface area contributed by atoms with E-state index in [0.29, 0.717) is 30.7 Å². The molecule has 0 aliphatic rings. The Morgan fingerprint density at radius 2 is 1.76 bits per heavy atom. The van der Waals surface area contributed by atoms with Gasteiger partial charge in [0.15, 0.2) is 0 Å². The smallest absolute Gasteiger partial charge is 0.341 e. The molecule has 2 aromatic carbocycles. The van der Waals surface area contributed by atoms with Crippen molar-refractivity contribution in [2.45, 2.75) is 57.9 Å². The summed E-state index contributed by atoms with van der Waals surface area (Å²) in [5, 5.41) is 10.1. The molecule has 0 aliphatic heterocycles. The molecular formula is C25H31N3O4S. The molecule has 0 fully saturated rings. The molecule has 33 heavy (non-hydrogen) atoms. The number of aryl methyl sites for hydroxylation is 1. The third-order valence-electron chi connectivity index (χ3n) is 5.38. The molecule has 0 radical (unpaired) electrons. The van der Waals surface area contributed by atoms with Crippen LogP contribution in [0.3, 0.4) is 0 Å². The van der Waals surface area contributed by atoms with Gasteiger partial charge in [-0.15, -0.1) is 0 Å². The minimum Gasteiger partial charge on any atom is -0.462 e. The molecule has 0 spiro atoms. The normalized spacial score (nSPS) is 11.7. The lowest BCUT2D eigenvalue weighted by atomic mass is 9.98. The summed E-state index contributed by atoms with van der Waals surface area (Å²) in [7, 11) is -3.84. The van der Waals surface area contributed by atoms with Crippen molar-refractivity contribution in [3.8, 4) is 11.1 Å². The number of hydrogen-bond acceptors (Lipinski definition) is 5. The number of esters is 1. The summed E-state index contributed by atoms with van der Waals surface area (Å²) in [4.78, 5) is 12.9. The minimum atomic E-state index is -3.84. The number of hydrogen-bond donors (Lipinski definition) is 1. The SMILES string of the molecule is CCCn1nc(C(C)C)c(C(=O)OCC)c1Cc1ccc(-c2ccccc2S(N)(=O)=O)cc1. The highest BCUT2D eigenvalue weighted by atomic mass is 32.2. The molecular weight excluding hydrogens is 438 g/mol. The van der Waals surface area contributed by atoms with Crippen LogP contribution in [0.4, 0.5) is 0 Å². The maximum absolute atomic E-state index is 12.8. The quantitative estimate of drug-likeness (QED) is 0.465. The molecule has 0 amide bonds. The lowest BCUT2D eigenvalue weighted by Crippen LogP contribution is -2.13. The van der Waals surface area contributed by atoms with Gasteiger partial charge in [0.05, 0.1) is 22.9 Å². The van der Waals surface area contributed by atoms with Crippen LogP contribution in [0.1, 0.15) is 67.3 Å². The van der Waals surface area contributed by atoms with Gasteiger partial charge in [-0.2, -0.15) is 5.10 Å². The first-order chi connectivity index (χ1) is 15.7. The summed E-state index contributed by atoms with van der Waals surface area (Å²) in [5.74, 6) is -0.268. The van der Waals surface area contributed by atoms with Gasteiger partial charge in [-0.05, 0) is 36.5 Å². The van der Waals surface area contributed by atoms with Crippen molar-refractivity contribution < 1.29 is 17.9 Å². The molecule has 3 rings (SSSR count). The van der Waals surface area contributed by atoms with Crippen molar-refractivity contribution in [1.82, 2.24) is 9.78 Å². The van der Waals surface area contributed by atoms with E-state index < -0.39 is 10.0 Å². The Balaban J connectivity index is 2.02. The largest absolute Gasteiger partial charge is 0.462 e. The zero-order chi connectivity index (χ0) is 24.2. The Labute approximate surface area is 195 Å². The summed E-state index contributed by atoms with van der Waals surface area (Å²) in [6, 6.07) is 14.3. The zero-order valence-electron chi connectivity index (χ0n) is 19.5. The number of ether oxygens (including phenoxy) is 1. The number of carbonyl (C=O) groups is 1. The van der Waals surface area contributed by atoms with Gasteiger partial charge in [0.1, 0.15) is 5.56 Å². The van der Waals surface area contributed by atoms with Crippen molar-refractivity contribution in [1.29, 1.82) is 0 Å². The van der Waals surface area contributed by atoms with Crippen molar-refractivity contribution in [2.75, 3.05) is 6.61 Å². The van der Waals surface area contributed by atoms with Gasteiger partial charge in [-0.3, -0.25) is 4.68 Å². The summed E-state index contributed by atoms with van der Waals surface area (Å²) < 4.78 is 31.2. The second-order valence-corrected chi connectivity index (χ2v) is 9.75. The standard InChI is InChI=1S/C25H31N3O4S/c1-5-15-28-21(23(25(29)32-6-2)24(27-28)17(3)4)16-18-11-13-19(14-12-18)20-9-7-8-10-22(20)33(26,30)31/h7-14,17H,5-6,15-16H2,1-4H3,(H2,26,30,31). The van der Waals surface area contributed by atoms with Gasteiger partial charge in [0.2, 0.25) is 10.0 Å². The maximum atomic E-state index is 12.8. The van der Waals surface area contributed by atoms with Gasteiger partial charge in [0, 0.05) is 18.5 Å². The first-order valence-corrected chi connectivity index (χ1v) is 12.7. The monoisotopic (exact) mass is 469 g/mol. The molecule has 2 N–H and O–H groups in total. The van der Waals surface area contributed by atoms with E-state index in [-0.39, 0.29) is 16.8 Å². The number of benzene rings is 2. The third kappa shape index (κ3) is 5.51. The number of carbonyl (C=O) groups excluding carboxylic acids is 1. The molecule has 8 heteroatoms. The molecule has 176 valence electrons. The van der Waals surface area contributed by atoms with E-state index in [9.17, 15) is 13.2 Å². The van der Waals surface area contributed by atoms with Gasteiger partial charge < -0.3 is 4.74 Å². The van der Waals surface area contributed by atoms with Gasteiger partial charge >= 0.3 is 5.97 Å². The van der Waals surface area contributed by atoms with Gasteiger partial charge in [-0.25, -0.2) is 18.4 Å². The lowest BCUT2D eigenvalue weighted by Gasteiger charge is -2.11. The summed E-state index contributed by atoms with van der Waals surface area (Å²) in [6.07, 6.45) is 1.39. The fourth-order valence-corrected chi connectivity index (χ4v) is 4.63. The van der Waals surface area contributed by atoms with E-state index in [2.05, 4.69) is 6.92 Å². The number of nitrogens with zero attached hydrogens (tertiary/aromatic N) is 2. The third-order valence-corrected chi connectivity index (χ3v) is 6.35. The number of primary sulfonamides is 1. The van der Waals surface area contributed by atoms with E-state index in [1.54, 1.807) is 25.1 Å². The average molecular weight is 470 g/mol. The Morgan fingerprint density at radius 1 is 1.09 bits per heavy atom. The van der Waals surface area contributed by atoms with E-state index in [1.807, 2.05) is 42.8 Å². The van der Waals surface area contributed by atoms with Crippen molar-refractivity contribution in [3.05, 3.63) is 71.0 Å². The lowest BCUT2D eigenvalue weighted by molar-refractivity contribution is 0.0523. The minimum absolute atomic E-state index is 0.0818. The van der Waals surface area contributed by atoms with Crippen LogP contribution in [-0.4, -0.2) is 30.8 Å². The molecule has 0 saturated heterocycles. The molecule has 0 aliphatic carbocycles. The number of sulfonamides is 1. The Bertz CT molecular complexity index is 1230. The van der Waals surface area contributed by atoms with Crippen LogP contribution < -0.4 is 5.14 Å². The fourth-order valence-electron chi connectivity index (χ4n) is 3.87. The molecule has 0 atom stereocenters. The van der Waals surface area contributed by atoms with Crippen LogP contribution >= 0.6 is 0 Å². The molecule has 1 heterocycles. The molecule has 7 nitrogen and oxygen atoms in total. The summed E-state index contributed by atoms with van der Waals surface area (Å²) in [5.41, 5.74) is 4.40. The Kier molecular flexibility index (Phi) is 7.71. The predicted molar refractivity (Wildman–Crippen MR) is 129 cm³/mol. The van der Waals surface area contributed by atoms with Crippen molar-refractivity contribution >= 4 is 16.0 Å². The topological polar surface area (TPSA) is 104 Å².